The monoisotopic (exact) mass is 295 g/mol. The number of primary amides is 1. The molecule has 3 N–H and O–H groups in total. The lowest BCUT2D eigenvalue weighted by Crippen LogP contribution is -2.41. The fraction of sp³-hybridized carbons (Fsp3) is 0.533. The summed E-state index contributed by atoms with van der Waals surface area (Å²) in [5, 5.41) is 4.10. The third-order valence-corrected chi connectivity index (χ3v) is 3.91. The number of hydrogen-bond acceptors (Lipinski definition) is 3. The molecule has 1 fully saturated rings. The van der Waals surface area contributed by atoms with Gasteiger partial charge in [-0.25, -0.2) is 0 Å². The van der Waals surface area contributed by atoms with Crippen molar-refractivity contribution in [2.75, 3.05) is 18.0 Å². The van der Waals surface area contributed by atoms with E-state index in [-0.39, 0.29) is 11.9 Å². The van der Waals surface area contributed by atoms with E-state index in [0.717, 1.165) is 55.2 Å². The second-order valence-electron chi connectivity index (χ2n) is 5.20. The molecule has 1 atom stereocenters. The zero-order valence-corrected chi connectivity index (χ0v) is 12.6. The largest absolute Gasteiger partial charge is 0.368 e. The first-order valence-electron chi connectivity index (χ1n) is 7.18. The fourth-order valence-electron chi connectivity index (χ4n) is 2.73. The highest BCUT2D eigenvalue weighted by atomic mass is 35.5. The van der Waals surface area contributed by atoms with E-state index in [1.54, 1.807) is 0 Å². The van der Waals surface area contributed by atoms with Crippen LogP contribution in [0.5, 0.6) is 0 Å². The molecule has 1 aliphatic heterocycles. The molecule has 1 aromatic rings. The molecule has 0 saturated carbocycles. The number of rotatable bonds is 6. The molecule has 20 heavy (non-hydrogen) atoms. The highest BCUT2D eigenvalue weighted by Crippen LogP contribution is 2.30. The van der Waals surface area contributed by atoms with Crippen LogP contribution >= 0.6 is 11.6 Å². The maximum absolute atomic E-state index is 11.6. The van der Waals surface area contributed by atoms with Crippen LogP contribution in [0.25, 0.3) is 0 Å². The third kappa shape index (κ3) is 3.44. The summed E-state index contributed by atoms with van der Waals surface area (Å²) in [7, 11) is 0. The molecular formula is C15H22ClN3O. The summed E-state index contributed by atoms with van der Waals surface area (Å²) in [5.41, 5.74) is 7.70. The van der Waals surface area contributed by atoms with Crippen molar-refractivity contribution < 1.29 is 4.79 Å². The van der Waals surface area contributed by atoms with E-state index in [4.69, 9.17) is 17.3 Å². The van der Waals surface area contributed by atoms with E-state index in [1.165, 1.54) is 0 Å². The van der Waals surface area contributed by atoms with Crippen LogP contribution in [0.15, 0.2) is 18.2 Å². The summed E-state index contributed by atoms with van der Waals surface area (Å²) in [6.45, 7) is 4.72. The van der Waals surface area contributed by atoms with E-state index in [0.29, 0.717) is 0 Å². The number of carbonyl (C=O) groups excluding carboxylic acids is 1. The van der Waals surface area contributed by atoms with Crippen molar-refractivity contribution in [1.82, 2.24) is 5.32 Å². The number of nitrogens with zero attached hydrogens (tertiary/aromatic N) is 1. The van der Waals surface area contributed by atoms with Gasteiger partial charge in [-0.1, -0.05) is 18.5 Å². The van der Waals surface area contributed by atoms with Gasteiger partial charge >= 0.3 is 0 Å². The van der Waals surface area contributed by atoms with Gasteiger partial charge in [-0.2, -0.15) is 0 Å². The number of nitrogens with two attached hydrogens (primary N) is 1. The van der Waals surface area contributed by atoms with Crippen molar-refractivity contribution in [3.8, 4) is 0 Å². The number of halogens is 1. The first kappa shape index (κ1) is 15.1. The van der Waals surface area contributed by atoms with Crippen LogP contribution in [0.4, 0.5) is 5.69 Å². The van der Waals surface area contributed by atoms with E-state index in [9.17, 15) is 4.79 Å². The van der Waals surface area contributed by atoms with Gasteiger partial charge in [-0.3, -0.25) is 4.79 Å². The number of anilines is 1. The van der Waals surface area contributed by atoms with Crippen molar-refractivity contribution in [2.24, 2.45) is 5.73 Å². The zero-order valence-electron chi connectivity index (χ0n) is 11.9. The maximum atomic E-state index is 11.6. The van der Waals surface area contributed by atoms with Crippen LogP contribution in [0.2, 0.25) is 5.02 Å². The molecule has 2 rings (SSSR count). The minimum atomic E-state index is -0.245. The molecule has 0 aliphatic carbocycles. The van der Waals surface area contributed by atoms with Crippen molar-refractivity contribution in [2.45, 2.75) is 38.8 Å². The molecule has 1 amide bonds. The summed E-state index contributed by atoms with van der Waals surface area (Å²) >= 11 is 6.10. The lowest BCUT2D eigenvalue weighted by molar-refractivity contribution is -0.119. The van der Waals surface area contributed by atoms with E-state index in [1.807, 2.05) is 18.2 Å². The number of benzene rings is 1. The van der Waals surface area contributed by atoms with E-state index < -0.39 is 0 Å². The SMILES string of the molecule is CCCNCc1cc(Cl)ccc1N1CCCC1C(N)=O. The number of hydrogen-bond donors (Lipinski definition) is 2. The van der Waals surface area contributed by atoms with Gasteiger partial charge in [0.2, 0.25) is 5.91 Å². The Morgan fingerprint density at radius 1 is 1.55 bits per heavy atom. The predicted octanol–water partition coefficient (Wildman–Crippen LogP) is 2.29. The van der Waals surface area contributed by atoms with E-state index >= 15 is 0 Å². The summed E-state index contributed by atoms with van der Waals surface area (Å²) in [5.74, 6) is -0.245. The highest BCUT2D eigenvalue weighted by Gasteiger charge is 2.30. The molecule has 5 heteroatoms. The summed E-state index contributed by atoms with van der Waals surface area (Å²) in [4.78, 5) is 13.7. The van der Waals surface area contributed by atoms with Crippen molar-refractivity contribution >= 4 is 23.2 Å². The van der Waals surface area contributed by atoms with Gasteiger partial charge in [0, 0.05) is 23.8 Å². The Kier molecular flexibility index (Phi) is 5.26. The fourth-order valence-corrected chi connectivity index (χ4v) is 2.92. The molecule has 0 bridgehead atoms. The molecule has 4 nitrogen and oxygen atoms in total. The predicted molar refractivity (Wildman–Crippen MR) is 83.0 cm³/mol. The first-order valence-corrected chi connectivity index (χ1v) is 7.56. The van der Waals surface area contributed by atoms with Gasteiger partial charge in [-0.05, 0) is 49.6 Å². The Hall–Kier alpha value is -1.26. The second kappa shape index (κ2) is 6.95. The summed E-state index contributed by atoms with van der Waals surface area (Å²) in [6.07, 6.45) is 2.92. The normalized spacial score (nSPS) is 18.5. The molecule has 1 aromatic carbocycles. The standard InChI is InChI=1S/C15H22ClN3O/c1-2-7-18-10-11-9-12(16)5-6-13(11)19-8-3-4-14(19)15(17)20/h5-6,9,14,18H,2-4,7-8,10H2,1H3,(H2,17,20). The van der Waals surface area contributed by atoms with Crippen LogP contribution in [0.3, 0.4) is 0 Å². The number of nitrogens with one attached hydrogen (secondary N) is 1. The van der Waals surface area contributed by atoms with Gasteiger partial charge < -0.3 is 16.0 Å². The Morgan fingerprint density at radius 3 is 3.05 bits per heavy atom. The quantitative estimate of drug-likeness (QED) is 0.792. The molecule has 1 unspecified atom stereocenters. The van der Waals surface area contributed by atoms with Crippen LogP contribution in [0.1, 0.15) is 31.7 Å². The Bertz CT molecular complexity index is 478. The summed E-state index contributed by atoms with van der Waals surface area (Å²) < 4.78 is 0. The average Bonchev–Trinajstić information content (AvgIpc) is 2.88. The molecule has 110 valence electrons. The van der Waals surface area contributed by atoms with Crippen LogP contribution < -0.4 is 16.0 Å². The number of carbonyl (C=O) groups is 1. The van der Waals surface area contributed by atoms with Crippen LogP contribution in [-0.4, -0.2) is 25.0 Å². The van der Waals surface area contributed by atoms with Crippen molar-refractivity contribution in [3.05, 3.63) is 28.8 Å². The molecular weight excluding hydrogens is 274 g/mol. The minimum absolute atomic E-state index is 0.193. The second-order valence-corrected chi connectivity index (χ2v) is 5.64. The number of amides is 1. The highest BCUT2D eigenvalue weighted by molar-refractivity contribution is 6.30. The zero-order chi connectivity index (χ0) is 14.5. The Morgan fingerprint density at radius 2 is 2.35 bits per heavy atom. The topological polar surface area (TPSA) is 58.4 Å². The smallest absolute Gasteiger partial charge is 0.240 e. The van der Waals surface area contributed by atoms with Gasteiger partial charge in [0.1, 0.15) is 6.04 Å². The summed E-state index contributed by atoms with van der Waals surface area (Å²) in [6, 6.07) is 5.64. The van der Waals surface area contributed by atoms with Gasteiger partial charge in [0.15, 0.2) is 0 Å². The lowest BCUT2D eigenvalue weighted by Gasteiger charge is -2.27. The third-order valence-electron chi connectivity index (χ3n) is 3.67. The molecule has 1 heterocycles. The van der Waals surface area contributed by atoms with Gasteiger partial charge in [0.05, 0.1) is 0 Å². The Balaban J connectivity index is 2.23. The molecule has 0 radical (unpaired) electrons. The molecule has 0 spiro atoms. The maximum Gasteiger partial charge on any atom is 0.240 e. The van der Waals surface area contributed by atoms with Gasteiger partial charge in [-0.15, -0.1) is 0 Å². The van der Waals surface area contributed by atoms with Crippen LogP contribution in [-0.2, 0) is 11.3 Å². The van der Waals surface area contributed by atoms with Gasteiger partial charge in [0.25, 0.3) is 0 Å². The van der Waals surface area contributed by atoms with Crippen molar-refractivity contribution in [1.29, 1.82) is 0 Å². The van der Waals surface area contributed by atoms with Crippen LogP contribution in [0, 0.1) is 0 Å². The van der Waals surface area contributed by atoms with E-state index in [2.05, 4.69) is 17.1 Å². The molecule has 0 aromatic heterocycles. The molecule has 1 saturated heterocycles. The lowest BCUT2D eigenvalue weighted by atomic mass is 10.1. The first-order chi connectivity index (χ1) is 9.63. The molecule has 1 aliphatic rings. The average molecular weight is 296 g/mol. The van der Waals surface area contributed by atoms with Crippen molar-refractivity contribution in [3.63, 3.8) is 0 Å². The Labute approximate surface area is 125 Å². The minimum Gasteiger partial charge on any atom is -0.368 e.